The van der Waals surface area contributed by atoms with E-state index >= 15 is 0 Å². The van der Waals surface area contributed by atoms with Crippen LogP contribution in [-0.2, 0) is 6.42 Å². The summed E-state index contributed by atoms with van der Waals surface area (Å²) >= 11 is 0. The fourth-order valence-electron chi connectivity index (χ4n) is 2.31. The number of hydrogen-bond acceptors (Lipinski definition) is 5. The highest BCUT2D eigenvalue weighted by Crippen LogP contribution is 2.12. The zero-order valence-corrected chi connectivity index (χ0v) is 13.8. The van der Waals surface area contributed by atoms with Crippen LogP contribution in [0, 0.1) is 0 Å². The molecule has 0 bridgehead atoms. The van der Waals surface area contributed by atoms with Crippen molar-refractivity contribution in [3.8, 4) is 11.5 Å². The molecule has 1 aromatic carbocycles. The number of aromatic nitrogens is 3. The van der Waals surface area contributed by atoms with E-state index in [2.05, 4.69) is 25.8 Å². The fraction of sp³-hybridized carbons (Fsp3) is 0.222. The van der Waals surface area contributed by atoms with Gasteiger partial charge in [-0.25, -0.2) is 4.79 Å². The Hall–Kier alpha value is -3.22. The Morgan fingerprint density at radius 1 is 1.16 bits per heavy atom. The van der Waals surface area contributed by atoms with E-state index in [-0.39, 0.29) is 12.1 Å². The van der Waals surface area contributed by atoms with Gasteiger partial charge in [-0.2, -0.15) is 4.98 Å². The predicted octanol–water partition coefficient (Wildman–Crippen LogP) is 2.73. The molecule has 1 atom stereocenters. The lowest BCUT2D eigenvalue weighted by Crippen LogP contribution is -2.38. The molecule has 128 valence electrons. The lowest BCUT2D eigenvalue weighted by Gasteiger charge is -2.14. The van der Waals surface area contributed by atoms with Crippen molar-refractivity contribution in [1.82, 2.24) is 25.8 Å². The van der Waals surface area contributed by atoms with Gasteiger partial charge in [-0.1, -0.05) is 41.6 Å². The minimum Gasteiger partial charge on any atom is -0.339 e. The largest absolute Gasteiger partial charge is 0.339 e. The number of nitrogens with one attached hydrogen (secondary N) is 2. The normalized spacial score (nSPS) is 11.7. The molecule has 3 rings (SSSR count). The molecule has 0 radical (unpaired) electrons. The molecule has 25 heavy (non-hydrogen) atoms. The summed E-state index contributed by atoms with van der Waals surface area (Å²) < 4.78 is 5.18. The number of nitrogens with zero attached hydrogens (tertiary/aromatic N) is 3. The minimum absolute atomic E-state index is 0.0691. The first-order valence-electron chi connectivity index (χ1n) is 8.05. The van der Waals surface area contributed by atoms with Crippen molar-refractivity contribution in [2.75, 3.05) is 6.54 Å². The van der Waals surface area contributed by atoms with E-state index in [1.54, 1.807) is 6.20 Å². The van der Waals surface area contributed by atoms with Gasteiger partial charge in [0.2, 0.25) is 11.7 Å². The van der Waals surface area contributed by atoms with E-state index in [0.29, 0.717) is 30.4 Å². The highest BCUT2D eigenvalue weighted by molar-refractivity contribution is 5.74. The van der Waals surface area contributed by atoms with E-state index in [4.69, 9.17) is 4.52 Å². The van der Waals surface area contributed by atoms with Crippen molar-refractivity contribution in [2.24, 2.45) is 0 Å². The average Bonchev–Trinajstić information content (AvgIpc) is 3.12. The van der Waals surface area contributed by atoms with Crippen LogP contribution in [-0.4, -0.2) is 27.7 Å². The van der Waals surface area contributed by atoms with Crippen LogP contribution in [0.25, 0.3) is 11.5 Å². The predicted molar refractivity (Wildman–Crippen MR) is 92.6 cm³/mol. The average molecular weight is 337 g/mol. The third-order valence-electron chi connectivity index (χ3n) is 3.63. The second kappa shape index (κ2) is 8.05. The van der Waals surface area contributed by atoms with Crippen LogP contribution in [0.15, 0.2) is 59.3 Å². The maximum absolute atomic E-state index is 11.9. The van der Waals surface area contributed by atoms with Crippen LogP contribution in [0.2, 0.25) is 0 Å². The molecule has 2 amide bonds. The van der Waals surface area contributed by atoms with Gasteiger partial charge >= 0.3 is 6.03 Å². The van der Waals surface area contributed by atoms with E-state index in [0.717, 1.165) is 5.56 Å². The summed E-state index contributed by atoms with van der Waals surface area (Å²) in [4.78, 5) is 20.4. The number of rotatable bonds is 6. The molecule has 0 saturated carbocycles. The number of carbonyl (C=O) groups is 1. The van der Waals surface area contributed by atoms with Crippen LogP contribution < -0.4 is 10.6 Å². The van der Waals surface area contributed by atoms with Crippen LogP contribution in [0.3, 0.4) is 0 Å². The molecule has 0 spiro atoms. The quantitative estimate of drug-likeness (QED) is 0.721. The molecule has 0 unspecified atom stereocenters. The molecule has 0 aliphatic rings. The van der Waals surface area contributed by atoms with Crippen molar-refractivity contribution >= 4 is 6.03 Å². The Bertz CT molecular complexity index is 805. The maximum Gasteiger partial charge on any atom is 0.315 e. The molecule has 3 aromatic rings. The summed E-state index contributed by atoms with van der Waals surface area (Å²) in [5.74, 6) is 0.898. The third kappa shape index (κ3) is 4.63. The van der Waals surface area contributed by atoms with E-state index in [1.165, 1.54) is 0 Å². The summed E-state index contributed by atoms with van der Waals surface area (Å²) in [6, 6.07) is 15.0. The van der Waals surface area contributed by atoms with Gasteiger partial charge in [-0.3, -0.25) is 4.98 Å². The third-order valence-corrected chi connectivity index (χ3v) is 3.63. The standard InChI is InChI=1S/C18H19N5O2/c1-13(14-7-3-2-4-8-14)21-18(24)20-12-10-16-22-17(23-25-16)15-9-5-6-11-19-15/h2-9,11,13H,10,12H2,1H3,(H2,20,21,24)/t13-/m1/s1. The Balaban J connectivity index is 1.45. The maximum atomic E-state index is 11.9. The van der Waals surface area contributed by atoms with Crippen molar-refractivity contribution in [3.05, 3.63) is 66.2 Å². The molecule has 7 heteroatoms. The number of carbonyl (C=O) groups excluding carboxylic acids is 1. The Kier molecular flexibility index (Phi) is 5.36. The second-order valence-electron chi connectivity index (χ2n) is 5.51. The number of pyridine rings is 1. The minimum atomic E-state index is -0.235. The van der Waals surface area contributed by atoms with Crippen LogP contribution in [0.4, 0.5) is 4.79 Å². The molecule has 2 N–H and O–H groups in total. The van der Waals surface area contributed by atoms with Crippen molar-refractivity contribution in [2.45, 2.75) is 19.4 Å². The molecule has 0 aliphatic heterocycles. The monoisotopic (exact) mass is 337 g/mol. The lowest BCUT2D eigenvalue weighted by molar-refractivity contribution is 0.237. The number of amides is 2. The first kappa shape index (κ1) is 16.6. The highest BCUT2D eigenvalue weighted by Gasteiger charge is 2.11. The first-order valence-corrected chi connectivity index (χ1v) is 8.05. The van der Waals surface area contributed by atoms with Crippen LogP contribution >= 0.6 is 0 Å². The molecule has 7 nitrogen and oxygen atoms in total. The Labute approximate surface area is 145 Å². The van der Waals surface area contributed by atoms with Gasteiger partial charge in [0, 0.05) is 19.2 Å². The Morgan fingerprint density at radius 3 is 2.72 bits per heavy atom. The van der Waals surface area contributed by atoms with Crippen molar-refractivity contribution in [3.63, 3.8) is 0 Å². The zero-order chi connectivity index (χ0) is 17.5. The van der Waals surface area contributed by atoms with Gasteiger partial charge in [-0.15, -0.1) is 0 Å². The van der Waals surface area contributed by atoms with Crippen molar-refractivity contribution < 1.29 is 9.32 Å². The fourth-order valence-corrected chi connectivity index (χ4v) is 2.31. The van der Waals surface area contributed by atoms with Crippen LogP contribution in [0.1, 0.15) is 24.4 Å². The van der Waals surface area contributed by atoms with Crippen molar-refractivity contribution in [1.29, 1.82) is 0 Å². The van der Waals surface area contributed by atoms with Crippen LogP contribution in [0.5, 0.6) is 0 Å². The first-order chi connectivity index (χ1) is 12.2. The molecular formula is C18H19N5O2. The van der Waals surface area contributed by atoms with Gasteiger partial charge in [0.1, 0.15) is 5.69 Å². The smallest absolute Gasteiger partial charge is 0.315 e. The highest BCUT2D eigenvalue weighted by atomic mass is 16.5. The zero-order valence-electron chi connectivity index (χ0n) is 13.8. The molecule has 2 heterocycles. The summed E-state index contributed by atoms with van der Waals surface area (Å²) in [5.41, 5.74) is 1.70. The van der Waals surface area contributed by atoms with Gasteiger partial charge in [0.05, 0.1) is 6.04 Å². The molecule has 2 aromatic heterocycles. The molecule has 0 aliphatic carbocycles. The summed E-state index contributed by atoms with van der Waals surface area (Å²) in [5, 5.41) is 9.57. The number of urea groups is 1. The SMILES string of the molecule is C[C@@H](NC(=O)NCCc1nc(-c2ccccn2)no1)c1ccccc1. The second-order valence-corrected chi connectivity index (χ2v) is 5.51. The van der Waals surface area contributed by atoms with Gasteiger partial charge in [-0.05, 0) is 24.6 Å². The molecule has 0 fully saturated rings. The summed E-state index contributed by atoms with van der Waals surface area (Å²) in [6.07, 6.45) is 2.12. The number of benzene rings is 1. The van der Waals surface area contributed by atoms with E-state index < -0.39 is 0 Å². The van der Waals surface area contributed by atoms with E-state index in [1.807, 2.05) is 55.5 Å². The van der Waals surface area contributed by atoms with Gasteiger partial charge in [0.25, 0.3) is 0 Å². The topological polar surface area (TPSA) is 92.9 Å². The molecule has 0 saturated heterocycles. The number of hydrogen-bond donors (Lipinski definition) is 2. The summed E-state index contributed by atoms with van der Waals surface area (Å²) in [7, 11) is 0. The van der Waals surface area contributed by atoms with E-state index in [9.17, 15) is 4.79 Å². The Morgan fingerprint density at radius 2 is 1.96 bits per heavy atom. The van der Waals surface area contributed by atoms with Gasteiger partial charge in [0.15, 0.2) is 0 Å². The summed E-state index contributed by atoms with van der Waals surface area (Å²) in [6.45, 7) is 2.34. The molecular weight excluding hydrogens is 318 g/mol. The van der Waals surface area contributed by atoms with Gasteiger partial charge < -0.3 is 15.2 Å². The lowest BCUT2D eigenvalue weighted by atomic mass is 10.1.